The Morgan fingerprint density at radius 3 is 2.32 bits per heavy atom. The van der Waals surface area contributed by atoms with Gasteiger partial charge in [-0.25, -0.2) is 0 Å². The van der Waals surface area contributed by atoms with Crippen molar-refractivity contribution < 1.29 is 4.74 Å². The minimum atomic E-state index is -0.0220. The van der Waals surface area contributed by atoms with E-state index in [1.165, 1.54) is 44.9 Å². The van der Waals surface area contributed by atoms with Crippen LogP contribution < -0.4 is 0 Å². The van der Waals surface area contributed by atoms with Crippen LogP contribution in [0, 0.1) is 11.3 Å². The van der Waals surface area contributed by atoms with Gasteiger partial charge in [-0.1, -0.05) is 26.2 Å². The van der Waals surface area contributed by atoms with Crippen LogP contribution in [0.15, 0.2) is 0 Å². The normalized spacial score (nSPS) is 28.6. The maximum absolute atomic E-state index is 6.28. The zero-order valence-electron chi connectivity index (χ0n) is 13.4. The third kappa shape index (κ3) is 6.49. The van der Waals surface area contributed by atoms with Crippen LogP contribution in [-0.4, -0.2) is 18.1 Å². The molecule has 0 unspecified atom stereocenters. The van der Waals surface area contributed by atoms with Crippen LogP contribution >= 0.6 is 11.6 Å². The minimum absolute atomic E-state index is 0.0220. The van der Waals surface area contributed by atoms with Gasteiger partial charge < -0.3 is 4.74 Å². The molecule has 0 amide bonds. The lowest BCUT2D eigenvalue weighted by molar-refractivity contribution is -0.0226. The molecule has 0 aromatic heterocycles. The van der Waals surface area contributed by atoms with Crippen molar-refractivity contribution in [3.05, 3.63) is 0 Å². The van der Waals surface area contributed by atoms with E-state index in [-0.39, 0.29) is 5.60 Å². The van der Waals surface area contributed by atoms with Crippen LogP contribution in [0.3, 0.4) is 0 Å². The molecule has 1 rings (SSSR count). The minimum Gasteiger partial charge on any atom is -0.376 e. The van der Waals surface area contributed by atoms with Crippen LogP contribution in [0.4, 0.5) is 0 Å². The van der Waals surface area contributed by atoms with Gasteiger partial charge in [-0.05, 0) is 64.2 Å². The fourth-order valence-corrected chi connectivity index (χ4v) is 3.50. The van der Waals surface area contributed by atoms with Crippen molar-refractivity contribution >= 4 is 11.6 Å². The van der Waals surface area contributed by atoms with Crippen LogP contribution in [0.5, 0.6) is 0 Å². The molecule has 1 aliphatic rings. The van der Waals surface area contributed by atoms with Gasteiger partial charge in [0.25, 0.3) is 0 Å². The Labute approximate surface area is 125 Å². The molecule has 1 aliphatic carbocycles. The first-order valence-electron chi connectivity index (χ1n) is 8.11. The smallest absolute Gasteiger partial charge is 0.0598 e. The summed E-state index contributed by atoms with van der Waals surface area (Å²) in [5.74, 6) is 1.76. The molecule has 0 bridgehead atoms. The lowest BCUT2D eigenvalue weighted by Crippen LogP contribution is -2.32. The Kier molecular flexibility index (Phi) is 7.18. The molecule has 1 fully saturated rings. The van der Waals surface area contributed by atoms with Gasteiger partial charge in [-0.15, -0.1) is 11.6 Å². The van der Waals surface area contributed by atoms with E-state index in [1.807, 2.05) is 0 Å². The van der Waals surface area contributed by atoms with Crippen molar-refractivity contribution in [3.8, 4) is 0 Å². The maximum Gasteiger partial charge on any atom is 0.0598 e. The van der Waals surface area contributed by atoms with E-state index in [2.05, 4.69) is 27.7 Å². The molecule has 1 nitrogen and oxygen atoms in total. The van der Waals surface area contributed by atoms with Crippen molar-refractivity contribution in [3.63, 3.8) is 0 Å². The Morgan fingerprint density at radius 2 is 1.84 bits per heavy atom. The van der Waals surface area contributed by atoms with E-state index in [0.29, 0.717) is 5.41 Å². The number of ether oxygens (including phenoxy) is 1. The summed E-state index contributed by atoms with van der Waals surface area (Å²) in [5.41, 5.74) is 0.335. The monoisotopic (exact) mass is 288 g/mol. The molecular formula is C17H33ClO. The summed E-state index contributed by atoms with van der Waals surface area (Å²) < 4.78 is 5.89. The third-order valence-electron chi connectivity index (χ3n) is 4.58. The van der Waals surface area contributed by atoms with E-state index in [4.69, 9.17) is 16.3 Å². The van der Waals surface area contributed by atoms with Gasteiger partial charge in [0.15, 0.2) is 0 Å². The molecule has 0 aromatic carbocycles. The van der Waals surface area contributed by atoms with Gasteiger partial charge in [0.1, 0.15) is 0 Å². The van der Waals surface area contributed by atoms with E-state index in [9.17, 15) is 0 Å². The Bertz CT molecular complexity index is 236. The highest BCUT2D eigenvalue weighted by molar-refractivity contribution is 6.18. The average molecular weight is 289 g/mol. The Balaban J connectivity index is 2.33. The van der Waals surface area contributed by atoms with E-state index >= 15 is 0 Å². The molecular weight excluding hydrogens is 256 g/mol. The fourth-order valence-electron chi connectivity index (χ4n) is 3.10. The number of halogens is 1. The molecule has 114 valence electrons. The lowest BCUT2D eigenvalue weighted by atomic mass is 9.69. The molecule has 1 saturated carbocycles. The van der Waals surface area contributed by atoms with Gasteiger partial charge in [-0.2, -0.15) is 0 Å². The molecule has 0 atom stereocenters. The number of unbranched alkanes of at least 4 members (excludes halogenated alkanes) is 1. The zero-order valence-corrected chi connectivity index (χ0v) is 14.2. The van der Waals surface area contributed by atoms with Crippen molar-refractivity contribution in [1.29, 1.82) is 0 Å². The highest BCUT2D eigenvalue weighted by Crippen LogP contribution is 2.44. The number of alkyl halides is 1. The molecule has 0 N–H and O–H groups in total. The first kappa shape index (κ1) is 17.3. The highest BCUT2D eigenvalue weighted by Gasteiger charge is 2.34. The molecule has 0 aliphatic heterocycles. The van der Waals surface area contributed by atoms with E-state index in [0.717, 1.165) is 24.8 Å². The summed E-state index contributed by atoms with van der Waals surface area (Å²) in [6.45, 7) is 9.53. The molecule has 0 saturated heterocycles. The number of hydrogen-bond acceptors (Lipinski definition) is 1. The van der Waals surface area contributed by atoms with Gasteiger partial charge in [-0.3, -0.25) is 0 Å². The highest BCUT2D eigenvalue weighted by atomic mass is 35.5. The summed E-state index contributed by atoms with van der Waals surface area (Å²) in [6.07, 6.45) is 10.6. The first-order valence-corrected chi connectivity index (χ1v) is 8.64. The quantitative estimate of drug-likeness (QED) is 0.538. The fraction of sp³-hybridized carbons (Fsp3) is 1.00. The Hall–Kier alpha value is 0.250. The second-order valence-corrected chi connectivity index (χ2v) is 7.70. The predicted octanol–water partition coefficient (Wildman–Crippen LogP) is 5.80. The molecule has 0 aromatic rings. The first-order chi connectivity index (χ1) is 8.91. The van der Waals surface area contributed by atoms with Gasteiger partial charge in [0, 0.05) is 12.5 Å². The van der Waals surface area contributed by atoms with Crippen LogP contribution in [0.25, 0.3) is 0 Å². The third-order valence-corrected chi connectivity index (χ3v) is 5.15. The summed E-state index contributed by atoms with van der Waals surface area (Å²) in [5, 5.41) is 0. The molecule has 0 spiro atoms. The van der Waals surface area contributed by atoms with Crippen molar-refractivity contribution in [2.75, 3.05) is 12.5 Å². The standard InChI is InChI=1S/C17H33ClO/c1-5-6-7-15-8-10-17(14-18,11-9-15)12-13-19-16(2,3)4/h15H,5-14H2,1-4H3. The van der Waals surface area contributed by atoms with E-state index in [1.54, 1.807) is 0 Å². The molecule has 19 heavy (non-hydrogen) atoms. The zero-order chi connectivity index (χ0) is 14.4. The number of rotatable bonds is 7. The topological polar surface area (TPSA) is 9.23 Å². The summed E-state index contributed by atoms with van der Waals surface area (Å²) >= 11 is 6.28. The summed E-state index contributed by atoms with van der Waals surface area (Å²) in [4.78, 5) is 0. The summed E-state index contributed by atoms with van der Waals surface area (Å²) in [7, 11) is 0. The van der Waals surface area contributed by atoms with Crippen LogP contribution in [0.2, 0.25) is 0 Å². The second-order valence-electron chi connectivity index (χ2n) is 7.43. The number of hydrogen-bond donors (Lipinski definition) is 0. The summed E-state index contributed by atoms with van der Waals surface area (Å²) in [6, 6.07) is 0. The largest absolute Gasteiger partial charge is 0.376 e. The predicted molar refractivity (Wildman–Crippen MR) is 85.0 cm³/mol. The van der Waals surface area contributed by atoms with Crippen molar-refractivity contribution in [2.24, 2.45) is 11.3 Å². The van der Waals surface area contributed by atoms with Crippen LogP contribution in [-0.2, 0) is 4.74 Å². The van der Waals surface area contributed by atoms with Gasteiger partial charge >= 0.3 is 0 Å². The lowest BCUT2D eigenvalue weighted by Gasteiger charge is -2.39. The molecule has 2 heteroatoms. The average Bonchev–Trinajstić information content (AvgIpc) is 2.36. The Morgan fingerprint density at radius 1 is 1.21 bits per heavy atom. The van der Waals surface area contributed by atoms with Crippen LogP contribution in [0.1, 0.15) is 79.1 Å². The molecule has 0 radical (unpaired) electrons. The second kappa shape index (κ2) is 7.88. The van der Waals surface area contributed by atoms with E-state index < -0.39 is 0 Å². The van der Waals surface area contributed by atoms with Gasteiger partial charge in [0.05, 0.1) is 5.60 Å². The maximum atomic E-state index is 6.28. The molecule has 0 heterocycles. The van der Waals surface area contributed by atoms with Gasteiger partial charge in [0.2, 0.25) is 0 Å². The van der Waals surface area contributed by atoms with Crippen molar-refractivity contribution in [2.45, 2.75) is 84.7 Å². The SMILES string of the molecule is CCCCC1CCC(CCl)(CCOC(C)(C)C)CC1. The van der Waals surface area contributed by atoms with Crippen molar-refractivity contribution in [1.82, 2.24) is 0 Å².